The van der Waals surface area contributed by atoms with Crippen LogP contribution in [0.1, 0.15) is 39.7 Å². The maximum Gasteiger partial charge on any atom is 0.326 e. The SMILES string of the molecule is CC(C)CC(NC(=O)C(N)Cc1c[nH]c2ccccc12)C(=O)NC(C(=O)O)C(C)C. The van der Waals surface area contributed by atoms with Gasteiger partial charge in [0.25, 0.3) is 0 Å². The molecule has 0 bridgehead atoms. The highest BCUT2D eigenvalue weighted by atomic mass is 16.4. The van der Waals surface area contributed by atoms with E-state index in [1.165, 1.54) is 0 Å². The average Bonchev–Trinajstić information content (AvgIpc) is 3.07. The van der Waals surface area contributed by atoms with E-state index in [9.17, 15) is 19.5 Å². The molecular weight excluding hydrogens is 384 g/mol. The fourth-order valence-corrected chi connectivity index (χ4v) is 3.38. The Morgan fingerprint density at radius 3 is 2.33 bits per heavy atom. The van der Waals surface area contributed by atoms with Crippen molar-refractivity contribution < 1.29 is 19.5 Å². The number of carboxylic acids is 1. The summed E-state index contributed by atoms with van der Waals surface area (Å²) in [5.74, 6) is -2.24. The molecule has 2 rings (SSSR count). The van der Waals surface area contributed by atoms with Gasteiger partial charge in [0.2, 0.25) is 11.8 Å². The van der Waals surface area contributed by atoms with Gasteiger partial charge in [0, 0.05) is 17.1 Å². The van der Waals surface area contributed by atoms with Crippen LogP contribution < -0.4 is 16.4 Å². The number of carbonyl (C=O) groups is 3. The van der Waals surface area contributed by atoms with Gasteiger partial charge in [-0.1, -0.05) is 45.9 Å². The van der Waals surface area contributed by atoms with E-state index in [1.807, 2.05) is 44.3 Å². The number of benzene rings is 1. The summed E-state index contributed by atoms with van der Waals surface area (Å²) in [6, 6.07) is 5.02. The highest BCUT2D eigenvalue weighted by Gasteiger charge is 2.30. The van der Waals surface area contributed by atoms with E-state index in [-0.39, 0.29) is 11.8 Å². The molecule has 3 atom stereocenters. The fourth-order valence-electron chi connectivity index (χ4n) is 3.38. The number of aromatic amines is 1. The smallest absolute Gasteiger partial charge is 0.326 e. The lowest BCUT2D eigenvalue weighted by atomic mass is 9.99. The number of H-pyrrole nitrogens is 1. The molecule has 1 aromatic heterocycles. The second-order valence-electron chi connectivity index (χ2n) is 8.43. The number of aromatic nitrogens is 1. The third-order valence-corrected chi connectivity index (χ3v) is 5.02. The molecule has 0 fully saturated rings. The molecule has 2 amide bonds. The molecule has 164 valence electrons. The Balaban J connectivity index is 2.08. The summed E-state index contributed by atoms with van der Waals surface area (Å²) >= 11 is 0. The van der Waals surface area contributed by atoms with Crippen molar-refractivity contribution in [1.82, 2.24) is 15.6 Å². The molecule has 3 unspecified atom stereocenters. The monoisotopic (exact) mass is 416 g/mol. The number of fused-ring (bicyclic) bond motifs is 1. The number of nitrogens with one attached hydrogen (secondary N) is 3. The normalized spacial score (nSPS) is 14.5. The summed E-state index contributed by atoms with van der Waals surface area (Å²) in [7, 11) is 0. The molecule has 1 heterocycles. The molecular formula is C22H32N4O4. The second kappa shape index (κ2) is 10.2. The lowest BCUT2D eigenvalue weighted by molar-refractivity contribution is -0.143. The standard InChI is InChI=1S/C22H32N4O4/c1-12(2)9-18(21(28)26-19(13(3)4)22(29)30)25-20(27)16(23)10-14-11-24-17-8-6-5-7-15(14)17/h5-8,11-13,16,18-19,24H,9-10,23H2,1-4H3,(H,25,27)(H,26,28)(H,29,30). The van der Waals surface area contributed by atoms with E-state index in [4.69, 9.17) is 5.73 Å². The van der Waals surface area contributed by atoms with Gasteiger partial charge in [-0.05, 0) is 36.3 Å². The van der Waals surface area contributed by atoms with Gasteiger partial charge < -0.3 is 26.5 Å². The van der Waals surface area contributed by atoms with Gasteiger partial charge in [-0.15, -0.1) is 0 Å². The van der Waals surface area contributed by atoms with Gasteiger partial charge in [0.15, 0.2) is 0 Å². The van der Waals surface area contributed by atoms with E-state index in [0.717, 1.165) is 16.5 Å². The number of para-hydroxylation sites is 1. The first-order chi connectivity index (χ1) is 14.1. The predicted molar refractivity (Wildman–Crippen MR) is 116 cm³/mol. The highest BCUT2D eigenvalue weighted by molar-refractivity contribution is 5.92. The third-order valence-electron chi connectivity index (χ3n) is 5.02. The molecule has 8 heteroatoms. The summed E-state index contributed by atoms with van der Waals surface area (Å²) in [6.07, 6.45) is 2.52. The van der Waals surface area contributed by atoms with Crippen LogP contribution in [-0.4, -0.2) is 46.0 Å². The first-order valence-electron chi connectivity index (χ1n) is 10.2. The predicted octanol–water partition coefficient (Wildman–Crippen LogP) is 1.79. The minimum Gasteiger partial charge on any atom is -0.480 e. The second-order valence-corrected chi connectivity index (χ2v) is 8.43. The van der Waals surface area contributed by atoms with E-state index in [1.54, 1.807) is 13.8 Å². The van der Waals surface area contributed by atoms with Crippen LogP contribution in [0.3, 0.4) is 0 Å². The Bertz CT molecular complexity index is 890. The van der Waals surface area contributed by atoms with Gasteiger partial charge in [-0.3, -0.25) is 9.59 Å². The average molecular weight is 417 g/mol. The van der Waals surface area contributed by atoms with Crippen molar-refractivity contribution in [3.05, 3.63) is 36.0 Å². The number of amides is 2. The summed E-state index contributed by atoms with van der Waals surface area (Å²) in [5.41, 5.74) is 8.01. The summed E-state index contributed by atoms with van der Waals surface area (Å²) in [5, 5.41) is 15.6. The van der Waals surface area contributed by atoms with Crippen LogP contribution in [0, 0.1) is 11.8 Å². The Morgan fingerprint density at radius 2 is 1.73 bits per heavy atom. The quantitative estimate of drug-likeness (QED) is 0.402. The number of hydrogen-bond donors (Lipinski definition) is 5. The molecule has 8 nitrogen and oxygen atoms in total. The molecule has 0 aliphatic rings. The van der Waals surface area contributed by atoms with Crippen molar-refractivity contribution >= 4 is 28.7 Å². The zero-order chi connectivity index (χ0) is 22.4. The first kappa shape index (κ1) is 23.4. The van der Waals surface area contributed by atoms with Crippen molar-refractivity contribution in [2.75, 3.05) is 0 Å². The van der Waals surface area contributed by atoms with Crippen molar-refractivity contribution in [3.8, 4) is 0 Å². The molecule has 0 saturated carbocycles. The van der Waals surface area contributed by atoms with Crippen molar-refractivity contribution in [2.45, 2.75) is 58.7 Å². The van der Waals surface area contributed by atoms with Gasteiger partial charge in [0.05, 0.1) is 6.04 Å². The Kier molecular flexibility index (Phi) is 8.00. The molecule has 6 N–H and O–H groups in total. The zero-order valence-corrected chi connectivity index (χ0v) is 17.9. The Hall–Kier alpha value is -2.87. The van der Waals surface area contributed by atoms with Gasteiger partial charge in [0.1, 0.15) is 12.1 Å². The van der Waals surface area contributed by atoms with Crippen LogP contribution in [0.25, 0.3) is 10.9 Å². The van der Waals surface area contributed by atoms with Crippen molar-refractivity contribution in [2.24, 2.45) is 17.6 Å². The maximum absolute atomic E-state index is 12.7. The van der Waals surface area contributed by atoms with Crippen LogP contribution in [0.2, 0.25) is 0 Å². The van der Waals surface area contributed by atoms with E-state index in [2.05, 4.69) is 15.6 Å². The van der Waals surface area contributed by atoms with E-state index >= 15 is 0 Å². The van der Waals surface area contributed by atoms with Gasteiger partial charge in [-0.2, -0.15) is 0 Å². The maximum atomic E-state index is 12.7. The molecule has 1 aromatic carbocycles. The molecule has 0 aliphatic heterocycles. The zero-order valence-electron chi connectivity index (χ0n) is 17.9. The van der Waals surface area contributed by atoms with Crippen LogP contribution in [0.5, 0.6) is 0 Å². The topological polar surface area (TPSA) is 137 Å². The lowest BCUT2D eigenvalue weighted by Crippen LogP contribution is -2.56. The number of nitrogens with two attached hydrogens (primary N) is 1. The minimum atomic E-state index is -1.11. The summed E-state index contributed by atoms with van der Waals surface area (Å²) in [6.45, 7) is 7.28. The molecule has 0 radical (unpaired) electrons. The van der Waals surface area contributed by atoms with Gasteiger partial charge >= 0.3 is 5.97 Å². The van der Waals surface area contributed by atoms with Crippen LogP contribution in [0.4, 0.5) is 0 Å². The Labute approximate surface area is 176 Å². The first-order valence-corrected chi connectivity index (χ1v) is 10.2. The summed E-state index contributed by atoms with van der Waals surface area (Å²) < 4.78 is 0. The highest BCUT2D eigenvalue weighted by Crippen LogP contribution is 2.19. The van der Waals surface area contributed by atoms with Gasteiger partial charge in [-0.25, -0.2) is 4.79 Å². The molecule has 30 heavy (non-hydrogen) atoms. The fraction of sp³-hybridized carbons (Fsp3) is 0.500. The molecule has 0 aliphatic carbocycles. The van der Waals surface area contributed by atoms with Crippen LogP contribution >= 0.6 is 0 Å². The third kappa shape index (κ3) is 6.06. The number of carbonyl (C=O) groups excluding carboxylic acids is 2. The minimum absolute atomic E-state index is 0.119. The lowest BCUT2D eigenvalue weighted by Gasteiger charge is -2.25. The van der Waals surface area contributed by atoms with E-state index in [0.29, 0.717) is 12.8 Å². The molecule has 2 aromatic rings. The van der Waals surface area contributed by atoms with E-state index < -0.39 is 35.9 Å². The molecule has 0 spiro atoms. The number of aliphatic carboxylic acids is 1. The van der Waals surface area contributed by atoms with Crippen molar-refractivity contribution in [1.29, 1.82) is 0 Å². The van der Waals surface area contributed by atoms with Crippen LogP contribution in [0.15, 0.2) is 30.5 Å². The molecule has 0 saturated heterocycles. The number of hydrogen-bond acceptors (Lipinski definition) is 4. The van der Waals surface area contributed by atoms with Crippen molar-refractivity contribution in [3.63, 3.8) is 0 Å². The largest absolute Gasteiger partial charge is 0.480 e. The Morgan fingerprint density at radius 1 is 1.07 bits per heavy atom. The van der Waals surface area contributed by atoms with Crippen LogP contribution in [-0.2, 0) is 20.8 Å². The number of rotatable bonds is 10. The number of carboxylic acid groups (broad SMARTS) is 1. The summed E-state index contributed by atoms with van der Waals surface area (Å²) in [4.78, 5) is 40.0.